The van der Waals surface area contributed by atoms with Crippen molar-refractivity contribution in [1.29, 1.82) is 0 Å². The van der Waals surface area contributed by atoms with Crippen molar-refractivity contribution in [1.82, 2.24) is 5.32 Å². The maximum Gasteiger partial charge on any atom is 0.336 e. The molecule has 2 aliphatic rings. The van der Waals surface area contributed by atoms with E-state index in [1.165, 1.54) is 7.11 Å². The summed E-state index contributed by atoms with van der Waals surface area (Å²) in [5.74, 6) is -2.83. The molecule has 3 unspecified atom stereocenters. The molecule has 0 aromatic heterocycles. The van der Waals surface area contributed by atoms with Crippen molar-refractivity contribution in [3.63, 3.8) is 0 Å². The van der Waals surface area contributed by atoms with Crippen molar-refractivity contribution in [3.05, 3.63) is 88.3 Å². The predicted molar refractivity (Wildman–Crippen MR) is 134 cm³/mol. The molecule has 0 saturated carbocycles. The first kappa shape index (κ1) is 25.2. The number of rotatable bonds is 7. The lowest BCUT2D eigenvalue weighted by atomic mass is 9.69. The highest BCUT2D eigenvalue weighted by Gasteiger charge is 2.47. The van der Waals surface area contributed by atoms with Crippen LogP contribution < -0.4 is 10.1 Å². The van der Waals surface area contributed by atoms with Crippen molar-refractivity contribution in [2.75, 3.05) is 13.7 Å². The molecule has 0 spiro atoms. The molecule has 1 N–H and O–H groups in total. The van der Waals surface area contributed by atoms with Crippen LogP contribution >= 0.6 is 0 Å². The Balaban J connectivity index is 1.84. The van der Waals surface area contributed by atoms with Gasteiger partial charge in [-0.05, 0) is 37.8 Å². The molecule has 2 aromatic carbocycles. The highest BCUT2D eigenvalue weighted by Crippen LogP contribution is 2.47. The third-order valence-electron chi connectivity index (χ3n) is 6.71. The van der Waals surface area contributed by atoms with Gasteiger partial charge in [0.2, 0.25) is 0 Å². The van der Waals surface area contributed by atoms with Crippen molar-refractivity contribution >= 4 is 17.7 Å². The molecule has 7 nitrogen and oxygen atoms in total. The van der Waals surface area contributed by atoms with Crippen LogP contribution in [0.25, 0.3) is 0 Å². The number of benzene rings is 2. The van der Waals surface area contributed by atoms with E-state index in [2.05, 4.69) is 5.32 Å². The Bertz CT molecular complexity index is 1230. The minimum absolute atomic E-state index is 0.191. The van der Waals surface area contributed by atoms with E-state index in [1.807, 2.05) is 61.5 Å². The first-order valence-corrected chi connectivity index (χ1v) is 12.1. The van der Waals surface area contributed by atoms with Crippen LogP contribution in [0.15, 0.2) is 77.1 Å². The fourth-order valence-corrected chi connectivity index (χ4v) is 5.06. The van der Waals surface area contributed by atoms with E-state index >= 15 is 0 Å². The number of ketones is 1. The average Bonchev–Trinajstić information content (AvgIpc) is 2.87. The van der Waals surface area contributed by atoms with Crippen LogP contribution in [0, 0.1) is 11.8 Å². The van der Waals surface area contributed by atoms with E-state index in [9.17, 15) is 14.4 Å². The maximum atomic E-state index is 13.9. The number of hydrogen-bond acceptors (Lipinski definition) is 7. The van der Waals surface area contributed by atoms with Crippen LogP contribution in [0.1, 0.15) is 44.2 Å². The first-order chi connectivity index (χ1) is 17.4. The number of esters is 2. The highest BCUT2D eigenvalue weighted by molar-refractivity contribution is 6.12. The van der Waals surface area contributed by atoms with Gasteiger partial charge in [0.1, 0.15) is 18.3 Å². The summed E-state index contributed by atoms with van der Waals surface area (Å²) in [4.78, 5) is 39.7. The summed E-state index contributed by atoms with van der Waals surface area (Å²) < 4.78 is 16.6. The Hall–Kier alpha value is -3.87. The van der Waals surface area contributed by atoms with Gasteiger partial charge in [0.05, 0.1) is 25.2 Å². The van der Waals surface area contributed by atoms with Crippen LogP contribution in [0.4, 0.5) is 0 Å². The number of dihydropyridines is 1. The summed E-state index contributed by atoms with van der Waals surface area (Å²) in [6, 6.07) is 17.1. The summed E-state index contributed by atoms with van der Waals surface area (Å²) in [5.41, 5.74) is 3.69. The standard InChI is InChI=1S/C29H31NO6/c1-5-35-29(33)24-18(3)30-21-15-17(2)23(28(32)34-4)27(31)26(21)25(24)20-13-9-10-14-22(20)36-16-19-11-7-6-8-12-19/h6-14,17,23,25,30H,5,15-16H2,1-4H3. The molecular weight excluding hydrogens is 458 g/mol. The lowest BCUT2D eigenvalue weighted by Crippen LogP contribution is -2.43. The van der Waals surface area contributed by atoms with Gasteiger partial charge >= 0.3 is 11.9 Å². The molecule has 1 aliphatic carbocycles. The Morgan fingerprint density at radius 2 is 1.75 bits per heavy atom. The number of hydrogen-bond donors (Lipinski definition) is 1. The summed E-state index contributed by atoms with van der Waals surface area (Å²) >= 11 is 0. The molecule has 36 heavy (non-hydrogen) atoms. The van der Waals surface area contributed by atoms with Gasteiger partial charge < -0.3 is 19.5 Å². The van der Waals surface area contributed by atoms with E-state index in [-0.39, 0.29) is 18.3 Å². The summed E-state index contributed by atoms with van der Waals surface area (Å²) in [7, 11) is 1.28. The quantitative estimate of drug-likeness (QED) is 0.454. The molecule has 0 amide bonds. The summed E-state index contributed by atoms with van der Waals surface area (Å²) in [5, 5.41) is 3.27. The van der Waals surface area contributed by atoms with Crippen LogP contribution in [0.2, 0.25) is 0 Å². The van der Waals surface area contributed by atoms with E-state index in [0.29, 0.717) is 46.9 Å². The van der Waals surface area contributed by atoms with Gasteiger partial charge in [0.25, 0.3) is 0 Å². The van der Waals surface area contributed by atoms with Crippen LogP contribution in [0.5, 0.6) is 5.75 Å². The minimum atomic E-state index is -0.947. The highest BCUT2D eigenvalue weighted by atomic mass is 16.5. The molecule has 0 saturated heterocycles. The number of para-hydroxylation sites is 1. The second-order valence-corrected chi connectivity index (χ2v) is 9.07. The van der Waals surface area contributed by atoms with Gasteiger partial charge in [-0.15, -0.1) is 0 Å². The van der Waals surface area contributed by atoms with Crippen molar-refractivity contribution in [2.24, 2.45) is 11.8 Å². The van der Waals surface area contributed by atoms with Crippen molar-refractivity contribution in [3.8, 4) is 5.75 Å². The largest absolute Gasteiger partial charge is 0.489 e. The fourth-order valence-electron chi connectivity index (χ4n) is 5.06. The van der Waals surface area contributed by atoms with Crippen molar-refractivity contribution in [2.45, 2.75) is 39.7 Å². The summed E-state index contributed by atoms with van der Waals surface area (Å²) in [6.45, 7) is 5.91. The zero-order chi connectivity index (χ0) is 25.8. The van der Waals surface area contributed by atoms with Gasteiger partial charge in [-0.1, -0.05) is 55.5 Å². The third-order valence-corrected chi connectivity index (χ3v) is 6.71. The van der Waals surface area contributed by atoms with Crippen LogP contribution in [-0.2, 0) is 30.5 Å². The second-order valence-electron chi connectivity index (χ2n) is 9.07. The molecule has 0 radical (unpaired) electrons. The number of nitrogens with one attached hydrogen (secondary N) is 1. The van der Waals surface area contributed by atoms with Gasteiger partial charge in [-0.25, -0.2) is 4.79 Å². The maximum absolute atomic E-state index is 13.9. The zero-order valence-corrected chi connectivity index (χ0v) is 21.0. The molecular formula is C29H31NO6. The van der Waals surface area contributed by atoms with Gasteiger partial charge in [-0.2, -0.15) is 0 Å². The van der Waals surface area contributed by atoms with E-state index in [4.69, 9.17) is 14.2 Å². The second kappa shape index (κ2) is 10.8. The van der Waals surface area contributed by atoms with Gasteiger partial charge in [0, 0.05) is 22.5 Å². The zero-order valence-electron chi connectivity index (χ0n) is 21.0. The first-order valence-electron chi connectivity index (χ1n) is 12.1. The Morgan fingerprint density at radius 3 is 2.44 bits per heavy atom. The molecule has 2 aromatic rings. The molecule has 1 heterocycles. The minimum Gasteiger partial charge on any atom is -0.489 e. The number of carbonyl (C=O) groups is 3. The summed E-state index contributed by atoms with van der Waals surface area (Å²) in [6.07, 6.45) is 0.470. The number of allylic oxidation sites excluding steroid dienone is 3. The van der Waals surface area contributed by atoms with E-state index in [0.717, 1.165) is 5.56 Å². The molecule has 7 heteroatoms. The molecule has 188 valence electrons. The topological polar surface area (TPSA) is 90.9 Å². The van der Waals surface area contributed by atoms with Gasteiger partial charge in [0.15, 0.2) is 5.78 Å². The molecule has 0 fully saturated rings. The van der Waals surface area contributed by atoms with Crippen LogP contribution in [0.3, 0.4) is 0 Å². The van der Waals surface area contributed by atoms with Crippen molar-refractivity contribution < 1.29 is 28.6 Å². The Morgan fingerprint density at radius 1 is 1.06 bits per heavy atom. The number of ether oxygens (including phenoxy) is 3. The lowest BCUT2D eigenvalue weighted by molar-refractivity contribution is -0.151. The van der Waals surface area contributed by atoms with E-state index in [1.54, 1.807) is 13.8 Å². The Labute approximate surface area is 211 Å². The number of Topliss-reactive ketones (excluding diaryl/α,β-unsaturated/α-hetero) is 1. The fraction of sp³-hybridized carbons (Fsp3) is 0.345. The normalized spacial score (nSPS) is 21.4. The molecule has 1 aliphatic heterocycles. The Kier molecular flexibility index (Phi) is 7.58. The lowest BCUT2D eigenvalue weighted by Gasteiger charge is -2.38. The van der Waals surface area contributed by atoms with E-state index < -0.39 is 23.8 Å². The van der Waals surface area contributed by atoms with Gasteiger partial charge in [-0.3, -0.25) is 9.59 Å². The van der Waals surface area contributed by atoms with Crippen LogP contribution in [-0.4, -0.2) is 31.4 Å². The average molecular weight is 490 g/mol. The molecule has 0 bridgehead atoms. The predicted octanol–water partition coefficient (Wildman–Crippen LogP) is 4.44. The SMILES string of the molecule is CCOC(=O)C1=C(C)NC2=C(C(=O)C(C(=O)OC)C(C)C2)C1c1ccccc1OCc1ccccc1. The molecule has 3 atom stereocenters. The number of carbonyl (C=O) groups excluding carboxylic acids is 3. The molecule has 4 rings (SSSR count). The smallest absolute Gasteiger partial charge is 0.336 e. The number of methoxy groups -OCH3 is 1. The third kappa shape index (κ3) is 4.78. The monoisotopic (exact) mass is 489 g/mol.